The van der Waals surface area contributed by atoms with E-state index in [1.807, 2.05) is 46.4 Å². The van der Waals surface area contributed by atoms with Gasteiger partial charge in [-0.1, -0.05) is 38.1 Å². The van der Waals surface area contributed by atoms with Gasteiger partial charge in [0.25, 0.3) is 0 Å². The Kier molecular flexibility index (Phi) is 5.47. The molecule has 0 N–H and O–H groups in total. The highest BCUT2D eigenvalue weighted by Gasteiger charge is 2.58. The average molecular weight is 412 g/mol. The second kappa shape index (κ2) is 7.90. The van der Waals surface area contributed by atoms with Crippen LogP contribution in [0.2, 0.25) is 0 Å². The molecule has 2 aromatic rings. The lowest BCUT2D eigenvalue weighted by Gasteiger charge is -2.28. The highest BCUT2D eigenvalue weighted by molar-refractivity contribution is 7.09. The van der Waals surface area contributed by atoms with Gasteiger partial charge in [0.05, 0.1) is 16.8 Å². The van der Waals surface area contributed by atoms with E-state index in [0.717, 1.165) is 35.6 Å². The Morgan fingerprint density at radius 3 is 2.83 bits per heavy atom. The zero-order chi connectivity index (χ0) is 20.6. The molecule has 3 heterocycles. The first-order chi connectivity index (χ1) is 13.9. The molecule has 2 fully saturated rings. The Labute approximate surface area is 176 Å². The summed E-state index contributed by atoms with van der Waals surface area (Å²) in [4.78, 5) is 35.1. The van der Waals surface area contributed by atoms with Crippen LogP contribution in [-0.2, 0) is 16.0 Å². The molecule has 1 aromatic carbocycles. The van der Waals surface area contributed by atoms with Crippen LogP contribution >= 0.6 is 11.3 Å². The largest absolute Gasteiger partial charge is 0.342 e. The van der Waals surface area contributed by atoms with Crippen LogP contribution in [0.15, 0.2) is 35.8 Å². The molecule has 0 unspecified atom stereocenters. The average Bonchev–Trinajstić information content (AvgIpc) is 3.40. The molecule has 2 aliphatic heterocycles. The first kappa shape index (κ1) is 20.1. The number of carbonyl (C=O) groups is 2. The Bertz CT molecular complexity index is 895. The van der Waals surface area contributed by atoms with Crippen molar-refractivity contribution < 1.29 is 9.59 Å². The Morgan fingerprint density at radius 1 is 1.34 bits per heavy atom. The number of carbonyl (C=O) groups excluding carboxylic acids is 2. The molecule has 29 heavy (non-hydrogen) atoms. The molecule has 5 nitrogen and oxygen atoms in total. The third-order valence-electron chi connectivity index (χ3n) is 6.37. The normalized spacial score (nSPS) is 24.3. The van der Waals surface area contributed by atoms with Gasteiger partial charge in [-0.2, -0.15) is 0 Å². The van der Waals surface area contributed by atoms with E-state index in [2.05, 4.69) is 18.8 Å². The van der Waals surface area contributed by atoms with Crippen LogP contribution in [0.25, 0.3) is 0 Å². The molecule has 1 aromatic heterocycles. The minimum atomic E-state index is -0.520. The summed E-state index contributed by atoms with van der Waals surface area (Å²) in [6, 6.07) is 8.02. The maximum absolute atomic E-state index is 13.5. The van der Waals surface area contributed by atoms with Crippen molar-refractivity contribution in [1.82, 2.24) is 14.8 Å². The van der Waals surface area contributed by atoms with Crippen molar-refractivity contribution in [3.05, 3.63) is 52.0 Å². The SMILES string of the molecule is Cc1ccccc1CC(=O)N1C[C@H](c2nccs2)[C@@]2(CCN(CC(C)C)C2=O)C1. The van der Waals surface area contributed by atoms with Crippen molar-refractivity contribution in [1.29, 1.82) is 0 Å². The molecule has 0 bridgehead atoms. The number of aromatic nitrogens is 1. The van der Waals surface area contributed by atoms with Crippen molar-refractivity contribution in [2.24, 2.45) is 11.3 Å². The fourth-order valence-corrected chi connectivity index (χ4v) is 5.69. The molecule has 6 heteroatoms. The predicted octanol–water partition coefficient (Wildman–Crippen LogP) is 3.49. The molecule has 4 rings (SSSR count). The van der Waals surface area contributed by atoms with E-state index in [0.29, 0.717) is 25.4 Å². The molecule has 2 atom stereocenters. The van der Waals surface area contributed by atoms with Crippen LogP contribution in [0.3, 0.4) is 0 Å². The van der Waals surface area contributed by atoms with Gasteiger partial charge in [0.2, 0.25) is 11.8 Å². The summed E-state index contributed by atoms with van der Waals surface area (Å²) < 4.78 is 0. The number of aryl methyl sites for hydroxylation is 1. The number of hydrogen-bond acceptors (Lipinski definition) is 4. The van der Waals surface area contributed by atoms with E-state index in [1.165, 1.54) is 0 Å². The molecular weight excluding hydrogens is 382 g/mol. The second-order valence-corrected chi connectivity index (χ2v) is 9.78. The lowest BCUT2D eigenvalue weighted by Crippen LogP contribution is -2.41. The standard InChI is InChI=1S/C23H29N3O2S/c1-16(2)13-25-10-8-23(22(25)28)15-26(14-19(23)21-24-9-11-29-21)20(27)12-18-7-5-4-6-17(18)3/h4-7,9,11,16,19H,8,10,12-15H2,1-3H3/t19-,23-/m1/s1. The van der Waals surface area contributed by atoms with Gasteiger partial charge in [-0.3, -0.25) is 9.59 Å². The highest BCUT2D eigenvalue weighted by Crippen LogP contribution is 2.50. The number of rotatable bonds is 5. The summed E-state index contributed by atoms with van der Waals surface area (Å²) >= 11 is 1.60. The molecule has 2 aliphatic rings. The number of hydrogen-bond donors (Lipinski definition) is 0. The number of thiazole rings is 1. The Balaban J connectivity index is 1.59. The molecule has 0 radical (unpaired) electrons. The Morgan fingerprint density at radius 2 is 2.14 bits per heavy atom. The quantitative estimate of drug-likeness (QED) is 0.757. The van der Waals surface area contributed by atoms with E-state index in [1.54, 1.807) is 17.5 Å². The number of benzene rings is 1. The van der Waals surface area contributed by atoms with E-state index in [9.17, 15) is 9.59 Å². The third kappa shape index (κ3) is 3.70. The van der Waals surface area contributed by atoms with Gasteiger partial charge >= 0.3 is 0 Å². The number of amides is 2. The van der Waals surface area contributed by atoms with E-state index in [4.69, 9.17) is 0 Å². The van der Waals surface area contributed by atoms with Crippen LogP contribution in [0.1, 0.15) is 42.3 Å². The first-order valence-corrected chi connectivity index (χ1v) is 11.3. The summed E-state index contributed by atoms with van der Waals surface area (Å²) in [6.07, 6.45) is 2.99. The second-order valence-electron chi connectivity index (χ2n) is 8.85. The summed E-state index contributed by atoms with van der Waals surface area (Å²) in [5.41, 5.74) is 1.67. The van der Waals surface area contributed by atoms with Crippen LogP contribution in [0.5, 0.6) is 0 Å². The number of likely N-dealkylation sites (tertiary alicyclic amines) is 2. The number of nitrogens with zero attached hydrogens (tertiary/aromatic N) is 3. The van der Waals surface area contributed by atoms with Crippen molar-refractivity contribution in [2.75, 3.05) is 26.2 Å². The Hall–Kier alpha value is -2.21. The fourth-order valence-electron chi connectivity index (χ4n) is 4.85. The smallest absolute Gasteiger partial charge is 0.231 e. The summed E-state index contributed by atoms with van der Waals surface area (Å²) in [7, 11) is 0. The van der Waals surface area contributed by atoms with Gasteiger partial charge in [-0.05, 0) is 30.4 Å². The lowest BCUT2D eigenvalue weighted by molar-refractivity contribution is -0.137. The van der Waals surface area contributed by atoms with Crippen LogP contribution in [-0.4, -0.2) is 52.8 Å². The van der Waals surface area contributed by atoms with Gasteiger partial charge in [-0.25, -0.2) is 4.98 Å². The zero-order valence-electron chi connectivity index (χ0n) is 17.4. The molecule has 0 saturated carbocycles. The summed E-state index contributed by atoms with van der Waals surface area (Å²) in [5.74, 6) is 0.742. The first-order valence-electron chi connectivity index (χ1n) is 10.4. The van der Waals surface area contributed by atoms with Gasteiger partial charge in [0.15, 0.2) is 0 Å². The van der Waals surface area contributed by atoms with Crippen LogP contribution in [0, 0.1) is 18.3 Å². The monoisotopic (exact) mass is 411 g/mol. The van der Waals surface area contributed by atoms with Crippen LogP contribution in [0.4, 0.5) is 0 Å². The maximum atomic E-state index is 13.5. The minimum absolute atomic E-state index is 0.00650. The van der Waals surface area contributed by atoms with E-state index in [-0.39, 0.29) is 17.7 Å². The highest BCUT2D eigenvalue weighted by atomic mass is 32.1. The molecule has 2 amide bonds. The summed E-state index contributed by atoms with van der Waals surface area (Å²) in [6.45, 7) is 8.97. The predicted molar refractivity (Wildman–Crippen MR) is 115 cm³/mol. The van der Waals surface area contributed by atoms with Gasteiger partial charge < -0.3 is 9.80 Å². The van der Waals surface area contributed by atoms with Crippen molar-refractivity contribution in [3.63, 3.8) is 0 Å². The summed E-state index contributed by atoms with van der Waals surface area (Å²) in [5, 5.41) is 2.95. The van der Waals surface area contributed by atoms with Gasteiger partial charge in [-0.15, -0.1) is 11.3 Å². The lowest BCUT2D eigenvalue weighted by atomic mass is 9.77. The van der Waals surface area contributed by atoms with Crippen molar-refractivity contribution >= 4 is 23.2 Å². The van der Waals surface area contributed by atoms with Crippen LogP contribution < -0.4 is 0 Å². The molecule has 1 spiro atoms. The van der Waals surface area contributed by atoms with Gasteiger partial charge in [0, 0.05) is 43.7 Å². The van der Waals surface area contributed by atoms with E-state index >= 15 is 0 Å². The van der Waals surface area contributed by atoms with Crippen molar-refractivity contribution in [3.8, 4) is 0 Å². The topological polar surface area (TPSA) is 53.5 Å². The van der Waals surface area contributed by atoms with Gasteiger partial charge in [0.1, 0.15) is 0 Å². The van der Waals surface area contributed by atoms with Crippen molar-refractivity contribution in [2.45, 2.75) is 39.5 Å². The molecule has 154 valence electrons. The van der Waals surface area contributed by atoms with E-state index < -0.39 is 5.41 Å². The third-order valence-corrected chi connectivity index (χ3v) is 7.26. The molecular formula is C23H29N3O2S. The fraction of sp³-hybridized carbons (Fsp3) is 0.522. The molecule has 0 aliphatic carbocycles. The maximum Gasteiger partial charge on any atom is 0.231 e. The zero-order valence-corrected chi connectivity index (χ0v) is 18.2. The molecule has 2 saturated heterocycles. The minimum Gasteiger partial charge on any atom is -0.342 e.